The normalized spacial score (nSPS) is 11.6. The second kappa shape index (κ2) is 8.93. The first kappa shape index (κ1) is 17.8. The lowest BCUT2D eigenvalue weighted by Crippen LogP contribution is -2.32. The summed E-state index contributed by atoms with van der Waals surface area (Å²) in [6, 6.07) is 14.7. The van der Waals surface area contributed by atoms with E-state index in [4.69, 9.17) is 14.2 Å². The van der Waals surface area contributed by atoms with Crippen molar-refractivity contribution in [3.05, 3.63) is 54.1 Å². The smallest absolute Gasteiger partial charge is 0.265 e. The Morgan fingerprint density at radius 1 is 1.08 bits per heavy atom. The van der Waals surface area contributed by atoms with Crippen molar-refractivity contribution in [1.82, 2.24) is 0 Å². The van der Waals surface area contributed by atoms with Crippen LogP contribution in [0.5, 0.6) is 11.5 Å². The largest absolute Gasteiger partial charge is 0.497 e. The van der Waals surface area contributed by atoms with Crippen molar-refractivity contribution in [1.29, 1.82) is 0 Å². The Balaban J connectivity index is 2.01. The average Bonchev–Trinajstić information content (AvgIpc) is 2.60. The zero-order valence-corrected chi connectivity index (χ0v) is 14.2. The molecule has 0 unspecified atom stereocenters. The molecule has 0 radical (unpaired) electrons. The molecule has 2 rings (SSSR count). The van der Waals surface area contributed by atoms with Crippen LogP contribution in [0.2, 0.25) is 0 Å². The van der Waals surface area contributed by atoms with Gasteiger partial charge in [-0.05, 0) is 48.4 Å². The van der Waals surface area contributed by atoms with Gasteiger partial charge in [0.1, 0.15) is 11.5 Å². The van der Waals surface area contributed by atoms with Crippen molar-refractivity contribution in [3.8, 4) is 11.5 Å². The molecule has 0 heterocycles. The van der Waals surface area contributed by atoms with E-state index in [2.05, 4.69) is 5.32 Å². The van der Waals surface area contributed by atoms with Crippen LogP contribution in [0.15, 0.2) is 48.5 Å². The van der Waals surface area contributed by atoms with E-state index in [0.29, 0.717) is 18.8 Å². The van der Waals surface area contributed by atoms with Gasteiger partial charge in [-0.25, -0.2) is 0 Å². The molecular formula is C19H23NO4. The van der Waals surface area contributed by atoms with Crippen LogP contribution in [0.4, 0.5) is 5.69 Å². The summed E-state index contributed by atoms with van der Waals surface area (Å²) in [5.74, 6) is 1.20. The molecule has 5 nitrogen and oxygen atoms in total. The monoisotopic (exact) mass is 329 g/mol. The van der Waals surface area contributed by atoms with E-state index in [1.54, 1.807) is 38.5 Å². The molecule has 0 fully saturated rings. The lowest BCUT2D eigenvalue weighted by atomic mass is 10.2. The molecule has 0 aliphatic rings. The first-order chi connectivity index (χ1) is 11.7. The van der Waals surface area contributed by atoms with Crippen molar-refractivity contribution >= 4 is 11.6 Å². The molecule has 0 aliphatic carbocycles. The number of carbonyl (C=O) groups excluding carboxylic acids is 1. The Morgan fingerprint density at radius 3 is 2.42 bits per heavy atom. The molecule has 24 heavy (non-hydrogen) atoms. The summed E-state index contributed by atoms with van der Waals surface area (Å²) in [7, 11) is 3.25. The molecule has 0 aliphatic heterocycles. The number of ether oxygens (including phenoxy) is 3. The van der Waals surface area contributed by atoms with Gasteiger partial charge in [-0.1, -0.05) is 19.1 Å². The molecule has 0 saturated heterocycles. The van der Waals surface area contributed by atoms with Crippen molar-refractivity contribution < 1.29 is 19.0 Å². The molecule has 0 bridgehead atoms. The zero-order chi connectivity index (χ0) is 17.4. The molecule has 0 spiro atoms. The van der Waals surface area contributed by atoms with E-state index < -0.39 is 6.10 Å². The molecule has 2 aromatic rings. The van der Waals surface area contributed by atoms with E-state index in [-0.39, 0.29) is 5.91 Å². The van der Waals surface area contributed by atoms with Gasteiger partial charge in [0.15, 0.2) is 6.10 Å². The van der Waals surface area contributed by atoms with Crippen LogP contribution >= 0.6 is 0 Å². The van der Waals surface area contributed by atoms with Gasteiger partial charge < -0.3 is 19.5 Å². The molecular weight excluding hydrogens is 306 g/mol. The second-order valence-electron chi connectivity index (χ2n) is 5.31. The molecule has 1 amide bonds. The first-order valence-corrected chi connectivity index (χ1v) is 7.85. The van der Waals surface area contributed by atoms with Crippen molar-refractivity contribution in [2.24, 2.45) is 0 Å². The number of anilines is 1. The molecule has 2 aromatic carbocycles. The molecule has 1 N–H and O–H groups in total. The molecule has 0 saturated carbocycles. The standard InChI is InChI=1S/C19H23NO4/c1-4-18(24-17-10-8-16(23-3)9-11-17)19(21)20-15-7-5-6-14(12-15)13-22-2/h5-12,18H,4,13H2,1-3H3,(H,20,21)/t18-/m1/s1. The fraction of sp³-hybridized carbons (Fsp3) is 0.316. The highest BCUT2D eigenvalue weighted by Gasteiger charge is 2.18. The fourth-order valence-electron chi connectivity index (χ4n) is 2.27. The van der Waals surface area contributed by atoms with Crippen LogP contribution in [0.1, 0.15) is 18.9 Å². The third-order valence-corrected chi connectivity index (χ3v) is 3.51. The Bertz CT molecular complexity index is 655. The fourth-order valence-corrected chi connectivity index (χ4v) is 2.27. The summed E-state index contributed by atoms with van der Waals surface area (Å²) in [6.07, 6.45) is -0.000196. The van der Waals surface area contributed by atoms with Gasteiger partial charge in [0.2, 0.25) is 0 Å². The highest BCUT2D eigenvalue weighted by atomic mass is 16.5. The van der Waals surface area contributed by atoms with E-state index in [0.717, 1.165) is 17.0 Å². The van der Waals surface area contributed by atoms with Crippen LogP contribution in [-0.2, 0) is 16.1 Å². The third kappa shape index (κ3) is 4.99. The highest BCUT2D eigenvalue weighted by molar-refractivity contribution is 5.94. The maximum Gasteiger partial charge on any atom is 0.265 e. The third-order valence-electron chi connectivity index (χ3n) is 3.51. The van der Waals surface area contributed by atoms with Gasteiger partial charge in [-0.15, -0.1) is 0 Å². The summed E-state index contributed by atoms with van der Waals surface area (Å²) in [5, 5.41) is 2.89. The van der Waals surface area contributed by atoms with E-state index in [1.807, 2.05) is 31.2 Å². The first-order valence-electron chi connectivity index (χ1n) is 7.85. The van der Waals surface area contributed by atoms with Gasteiger partial charge >= 0.3 is 0 Å². The quantitative estimate of drug-likeness (QED) is 0.803. The predicted molar refractivity (Wildman–Crippen MR) is 93.5 cm³/mol. The summed E-state index contributed by atoms with van der Waals surface area (Å²) >= 11 is 0. The minimum absolute atomic E-state index is 0.178. The maximum absolute atomic E-state index is 12.4. The average molecular weight is 329 g/mol. The van der Waals surface area contributed by atoms with Crippen molar-refractivity contribution in [2.75, 3.05) is 19.5 Å². The van der Waals surface area contributed by atoms with Crippen LogP contribution in [0.3, 0.4) is 0 Å². The second-order valence-corrected chi connectivity index (χ2v) is 5.31. The number of methoxy groups -OCH3 is 2. The van der Waals surface area contributed by atoms with E-state index >= 15 is 0 Å². The molecule has 0 aromatic heterocycles. The van der Waals surface area contributed by atoms with Crippen LogP contribution in [0, 0.1) is 0 Å². The van der Waals surface area contributed by atoms with Crippen molar-refractivity contribution in [2.45, 2.75) is 26.1 Å². The van der Waals surface area contributed by atoms with Crippen LogP contribution in [0.25, 0.3) is 0 Å². The van der Waals surface area contributed by atoms with Gasteiger partial charge in [-0.3, -0.25) is 4.79 Å². The minimum atomic E-state index is -0.565. The van der Waals surface area contributed by atoms with Crippen LogP contribution < -0.4 is 14.8 Å². The number of nitrogens with one attached hydrogen (secondary N) is 1. The topological polar surface area (TPSA) is 56.8 Å². The van der Waals surface area contributed by atoms with Gasteiger partial charge in [0.25, 0.3) is 5.91 Å². The molecule has 5 heteroatoms. The summed E-state index contributed by atoms with van der Waals surface area (Å²) in [6.45, 7) is 2.42. The number of hydrogen-bond donors (Lipinski definition) is 1. The van der Waals surface area contributed by atoms with Crippen molar-refractivity contribution in [3.63, 3.8) is 0 Å². The summed E-state index contributed by atoms with van der Waals surface area (Å²) in [5.41, 5.74) is 1.73. The Kier molecular flexibility index (Phi) is 6.63. The van der Waals surface area contributed by atoms with Crippen LogP contribution in [-0.4, -0.2) is 26.2 Å². The summed E-state index contributed by atoms with van der Waals surface area (Å²) in [4.78, 5) is 12.4. The number of hydrogen-bond acceptors (Lipinski definition) is 4. The minimum Gasteiger partial charge on any atom is -0.497 e. The zero-order valence-electron chi connectivity index (χ0n) is 14.2. The lowest BCUT2D eigenvalue weighted by molar-refractivity contribution is -0.122. The number of benzene rings is 2. The SMILES string of the molecule is CC[C@@H](Oc1ccc(OC)cc1)C(=O)Nc1cccc(COC)c1. The van der Waals surface area contributed by atoms with E-state index in [1.165, 1.54) is 0 Å². The number of amides is 1. The maximum atomic E-state index is 12.4. The Labute approximate surface area is 142 Å². The van der Waals surface area contributed by atoms with Gasteiger partial charge in [-0.2, -0.15) is 0 Å². The molecule has 128 valence electrons. The van der Waals surface area contributed by atoms with E-state index in [9.17, 15) is 4.79 Å². The van der Waals surface area contributed by atoms with Gasteiger partial charge in [0.05, 0.1) is 13.7 Å². The Morgan fingerprint density at radius 2 is 1.79 bits per heavy atom. The highest BCUT2D eigenvalue weighted by Crippen LogP contribution is 2.20. The predicted octanol–water partition coefficient (Wildman–Crippen LogP) is 3.64. The van der Waals surface area contributed by atoms with Gasteiger partial charge in [0, 0.05) is 12.8 Å². The summed E-state index contributed by atoms with van der Waals surface area (Å²) < 4.78 is 16.0. The Hall–Kier alpha value is -2.53. The molecule has 1 atom stereocenters. The number of carbonyl (C=O) groups is 1. The number of rotatable bonds is 8. The lowest BCUT2D eigenvalue weighted by Gasteiger charge is -2.17.